The minimum Gasteiger partial charge on any atom is -0.378 e. The Morgan fingerprint density at radius 3 is 2.60 bits per heavy atom. The fraction of sp³-hybridized carbons (Fsp3) is 0.214. The van der Waals surface area contributed by atoms with Gasteiger partial charge in [-0.05, 0) is 36.8 Å². The van der Waals surface area contributed by atoms with Gasteiger partial charge < -0.3 is 5.32 Å². The van der Waals surface area contributed by atoms with Gasteiger partial charge in [0, 0.05) is 22.6 Å². The lowest BCUT2D eigenvalue weighted by molar-refractivity contribution is -0.137. The van der Waals surface area contributed by atoms with Crippen molar-refractivity contribution in [2.24, 2.45) is 0 Å². The Labute approximate surface area is 123 Å². The van der Waals surface area contributed by atoms with Crippen molar-refractivity contribution in [2.45, 2.75) is 19.1 Å². The number of aromatic nitrogens is 1. The molecule has 0 fully saturated rings. The third-order valence-electron chi connectivity index (χ3n) is 2.79. The normalized spacial score (nSPS) is 13.1. The highest BCUT2D eigenvalue weighted by atomic mass is 79.9. The van der Waals surface area contributed by atoms with Crippen molar-refractivity contribution >= 4 is 21.6 Å². The van der Waals surface area contributed by atoms with E-state index in [4.69, 9.17) is 0 Å². The minimum atomic E-state index is -4.36. The molecule has 0 saturated heterocycles. The van der Waals surface area contributed by atoms with Crippen LogP contribution < -0.4 is 5.32 Å². The summed E-state index contributed by atoms with van der Waals surface area (Å²) >= 11 is 3.10. The van der Waals surface area contributed by atoms with Crippen molar-refractivity contribution in [1.82, 2.24) is 4.98 Å². The van der Waals surface area contributed by atoms with Gasteiger partial charge >= 0.3 is 6.18 Å². The summed E-state index contributed by atoms with van der Waals surface area (Å²) < 4.78 is 38.6. The molecule has 2 nitrogen and oxygen atoms in total. The number of benzene rings is 1. The lowest BCUT2D eigenvalue weighted by Gasteiger charge is -2.17. The van der Waals surface area contributed by atoms with E-state index < -0.39 is 11.7 Å². The predicted molar refractivity (Wildman–Crippen MR) is 75.4 cm³/mol. The zero-order valence-electron chi connectivity index (χ0n) is 10.6. The summed E-state index contributed by atoms with van der Waals surface area (Å²) in [5, 5.41) is 3.04. The lowest BCUT2D eigenvalue weighted by Crippen LogP contribution is -2.09. The van der Waals surface area contributed by atoms with Crippen LogP contribution in [0.1, 0.15) is 24.1 Å². The third kappa shape index (κ3) is 3.72. The van der Waals surface area contributed by atoms with E-state index in [9.17, 15) is 13.2 Å². The van der Waals surface area contributed by atoms with Gasteiger partial charge in [-0.25, -0.2) is 0 Å². The van der Waals surface area contributed by atoms with E-state index in [1.807, 2.05) is 13.0 Å². The number of halogens is 4. The number of alkyl halides is 3. The molecule has 0 aliphatic rings. The molecule has 1 aromatic heterocycles. The van der Waals surface area contributed by atoms with Crippen LogP contribution >= 0.6 is 15.9 Å². The number of hydrogen-bond donors (Lipinski definition) is 1. The maximum atomic E-state index is 12.7. The SMILES string of the molecule is CC(Nc1cc(Br)cc(C(F)(F)F)c1)c1cccnc1. The highest BCUT2D eigenvalue weighted by Gasteiger charge is 2.31. The topological polar surface area (TPSA) is 24.9 Å². The molecule has 0 amide bonds. The number of hydrogen-bond acceptors (Lipinski definition) is 2. The van der Waals surface area contributed by atoms with Crippen LogP contribution in [0.25, 0.3) is 0 Å². The average Bonchev–Trinajstić information content (AvgIpc) is 2.38. The van der Waals surface area contributed by atoms with E-state index in [1.54, 1.807) is 24.5 Å². The summed E-state index contributed by atoms with van der Waals surface area (Å²) in [6, 6.07) is 7.28. The molecular formula is C14H12BrF3N2. The molecule has 2 aromatic rings. The molecule has 0 aliphatic carbocycles. The fourth-order valence-electron chi connectivity index (χ4n) is 1.80. The summed E-state index contributed by atoms with van der Waals surface area (Å²) in [7, 11) is 0. The van der Waals surface area contributed by atoms with Crippen molar-refractivity contribution in [3.63, 3.8) is 0 Å². The van der Waals surface area contributed by atoms with Crippen LogP contribution in [-0.4, -0.2) is 4.98 Å². The summed E-state index contributed by atoms with van der Waals surface area (Å²) in [4.78, 5) is 3.99. The highest BCUT2D eigenvalue weighted by molar-refractivity contribution is 9.10. The quantitative estimate of drug-likeness (QED) is 0.843. The second-order valence-corrected chi connectivity index (χ2v) is 5.29. The highest BCUT2D eigenvalue weighted by Crippen LogP contribution is 2.34. The molecule has 0 aliphatic heterocycles. The van der Waals surface area contributed by atoms with E-state index in [-0.39, 0.29) is 6.04 Å². The molecule has 2 rings (SSSR count). The van der Waals surface area contributed by atoms with Crippen LogP contribution in [0.2, 0.25) is 0 Å². The monoisotopic (exact) mass is 344 g/mol. The molecule has 1 aromatic carbocycles. The van der Waals surface area contributed by atoms with Gasteiger partial charge in [-0.2, -0.15) is 13.2 Å². The lowest BCUT2D eigenvalue weighted by atomic mass is 10.1. The fourth-order valence-corrected chi connectivity index (χ4v) is 2.30. The van der Waals surface area contributed by atoms with Crippen molar-refractivity contribution in [2.75, 3.05) is 5.32 Å². The predicted octanol–water partition coefficient (Wildman–Crippen LogP) is 5.04. The number of pyridine rings is 1. The standard InChI is InChI=1S/C14H12BrF3N2/c1-9(10-3-2-4-19-8-10)20-13-6-11(14(16,17)18)5-12(15)7-13/h2-9,20H,1H3. The van der Waals surface area contributed by atoms with E-state index in [0.717, 1.165) is 17.7 Å². The number of anilines is 1. The first-order valence-corrected chi connectivity index (χ1v) is 6.70. The Kier molecular flexibility index (Phi) is 4.32. The molecule has 106 valence electrons. The van der Waals surface area contributed by atoms with Crippen molar-refractivity contribution < 1.29 is 13.2 Å². The average molecular weight is 345 g/mol. The van der Waals surface area contributed by atoms with Crippen LogP contribution in [0.4, 0.5) is 18.9 Å². The van der Waals surface area contributed by atoms with Crippen LogP contribution in [0.3, 0.4) is 0 Å². The van der Waals surface area contributed by atoms with Crippen LogP contribution in [0.15, 0.2) is 47.2 Å². The van der Waals surface area contributed by atoms with E-state index >= 15 is 0 Å². The molecule has 0 saturated carbocycles. The number of rotatable bonds is 3. The summed E-state index contributed by atoms with van der Waals surface area (Å²) in [5.41, 5.74) is 0.622. The summed E-state index contributed by atoms with van der Waals surface area (Å²) in [6.07, 6.45) is -1.03. The molecule has 6 heteroatoms. The maximum absolute atomic E-state index is 12.7. The molecule has 0 spiro atoms. The van der Waals surface area contributed by atoms with Crippen molar-refractivity contribution in [1.29, 1.82) is 0 Å². The zero-order chi connectivity index (χ0) is 14.8. The second-order valence-electron chi connectivity index (χ2n) is 4.38. The summed E-state index contributed by atoms with van der Waals surface area (Å²) in [5.74, 6) is 0. The first-order valence-electron chi connectivity index (χ1n) is 5.90. The van der Waals surface area contributed by atoms with Crippen molar-refractivity contribution in [3.8, 4) is 0 Å². The largest absolute Gasteiger partial charge is 0.416 e. The molecule has 0 bridgehead atoms. The second kappa shape index (κ2) is 5.83. The first kappa shape index (κ1) is 14.8. The summed E-state index contributed by atoms with van der Waals surface area (Å²) in [6.45, 7) is 1.87. The molecular weight excluding hydrogens is 333 g/mol. The molecule has 1 atom stereocenters. The van der Waals surface area contributed by atoms with Gasteiger partial charge in [-0.3, -0.25) is 4.98 Å². The van der Waals surface area contributed by atoms with Gasteiger partial charge in [0.1, 0.15) is 0 Å². The Morgan fingerprint density at radius 1 is 1.25 bits per heavy atom. The molecule has 1 heterocycles. The van der Waals surface area contributed by atoms with Crippen LogP contribution in [0.5, 0.6) is 0 Å². The zero-order valence-corrected chi connectivity index (χ0v) is 12.2. The smallest absolute Gasteiger partial charge is 0.378 e. The Morgan fingerprint density at radius 2 is 2.00 bits per heavy atom. The van der Waals surface area contributed by atoms with Crippen LogP contribution in [-0.2, 0) is 6.18 Å². The van der Waals surface area contributed by atoms with E-state index in [0.29, 0.717) is 10.2 Å². The van der Waals surface area contributed by atoms with Gasteiger partial charge in [0.15, 0.2) is 0 Å². The van der Waals surface area contributed by atoms with E-state index in [2.05, 4.69) is 26.2 Å². The Balaban J connectivity index is 2.24. The molecule has 1 unspecified atom stereocenters. The van der Waals surface area contributed by atoms with Gasteiger partial charge in [-0.1, -0.05) is 22.0 Å². The molecule has 0 radical (unpaired) electrons. The molecule has 1 N–H and O–H groups in total. The minimum absolute atomic E-state index is 0.140. The van der Waals surface area contributed by atoms with Crippen molar-refractivity contribution in [3.05, 3.63) is 58.3 Å². The van der Waals surface area contributed by atoms with E-state index in [1.165, 1.54) is 0 Å². The third-order valence-corrected chi connectivity index (χ3v) is 3.25. The van der Waals surface area contributed by atoms with Gasteiger partial charge in [0.2, 0.25) is 0 Å². The van der Waals surface area contributed by atoms with Gasteiger partial charge in [0.25, 0.3) is 0 Å². The number of nitrogens with one attached hydrogen (secondary N) is 1. The van der Waals surface area contributed by atoms with Crippen LogP contribution in [0, 0.1) is 0 Å². The molecule has 20 heavy (non-hydrogen) atoms. The first-order chi connectivity index (χ1) is 9.36. The Bertz CT molecular complexity index is 585. The maximum Gasteiger partial charge on any atom is 0.416 e. The number of nitrogens with zero attached hydrogens (tertiary/aromatic N) is 1. The van der Waals surface area contributed by atoms with Gasteiger partial charge in [0.05, 0.1) is 11.6 Å². The Hall–Kier alpha value is -1.56. The van der Waals surface area contributed by atoms with Gasteiger partial charge in [-0.15, -0.1) is 0 Å².